The summed E-state index contributed by atoms with van der Waals surface area (Å²) in [5.74, 6) is 1.19. The van der Waals surface area contributed by atoms with Gasteiger partial charge >= 0.3 is 0 Å². The molecule has 1 aromatic carbocycles. The highest BCUT2D eigenvalue weighted by atomic mass is 16.3. The Kier molecular flexibility index (Phi) is 2.11. The Morgan fingerprint density at radius 3 is 2.88 bits per heavy atom. The van der Waals surface area contributed by atoms with Crippen LogP contribution in [-0.4, -0.2) is 26.4 Å². The van der Waals surface area contributed by atoms with E-state index in [-0.39, 0.29) is 12.4 Å². The van der Waals surface area contributed by atoms with E-state index in [0.29, 0.717) is 12.5 Å². The number of fused-ring (bicyclic) bond motifs is 1. The Balaban J connectivity index is 2.21. The zero-order chi connectivity index (χ0) is 11.1. The van der Waals surface area contributed by atoms with Crippen molar-refractivity contribution in [3.63, 3.8) is 0 Å². The minimum absolute atomic E-state index is 0.113. The van der Waals surface area contributed by atoms with E-state index in [9.17, 15) is 5.11 Å². The van der Waals surface area contributed by atoms with E-state index in [4.69, 9.17) is 5.11 Å². The van der Waals surface area contributed by atoms with Crippen molar-refractivity contribution in [1.82, 2.24) is 9.55 Å². The summed E-state index contributed by atoms with van der Waals surface area (Å²) in [5, 5.41) is 18.5. The first-order valence-electron chi connectivity index (χ1n) is 5.60. The van der Waals surface area contributed by atoms with Crippen LogP contribution in [0.2, 0.25) is 0 Å². The number of rotatable bonds is 3. The molecule has 1 aliphatic rings. The molecule has 16 heavy (non-hydrogen) atoms. The number of phenolic OH excluding ortho intramolecular Hbond substituents is 1. The lowest BCUT2D eigenvalue weighted by atomic mass is 10.3. The summed E-state index contributed by atoms with van der Waals surface area (Å²) in [4.78, 5) is 4.50. The number of nitrogens with zero attached hydrogens (tertiary/aromatic N) is 2. The summed E-state index contributed by atoms with van der Waals surface area (Å²) >= 11 is 0. The summed E-state index contributed by atoms with van der Waals surface area (Å²) in [6.07, 6.45) is 2.91. The zero-order valence-electron chi connectivity index (χ0n) is 8.93. The SMILES string of the molecule is OCCc1nc2ccc(O)cc2n1C1CC1. The molecule has 0 unspecified atom stereocenters. The fourth-order valence-electron chi connectivity index (χ4n) is 2.15. The number of hydrogen-bond acceptors (Lipinski definition) is 3. The topological polar surface area (TPSA) is 58.3 Å². The molecule has 84 valence electrons. The molecule has 0 atom stereocenters. The van der Waals surface area contributed by atoms with Crippen LogP contribution in [0.25, 0.3) is 11.0 Å². The standard InChI is InChI=1S/C12H14N2O2/c15-6-5-12-13-10-4-3-9(16)7-11(10)14(12)8-1-2-8/h3-4,7-8,15-16H,1-2,5-6H2. The van der Waals surface area contributed by atoms with Crippen molar-refractivity contribution < 1.29 is 10.2 Å². The first-order valence-corrected chi connectivity index (χ1v) is 5.60. The van der Waals surface area contributed by atoms with E-state index in [1.54, 1.807) is 12.1 Å². The molecule has 4 heteroatoms. The summed E-state index contributed by atoms with van der Waals surface area (Å²) in [6, 6.07) is 5.73. The highest BCUT2D eigenvalue weighted by Gasteiger charge is 2.27. The third kappa shape index (κ3) is 1.46. The molecular weight excluding hydrogens is 204 g/mol. The van der Waals surface area contributed by atoms with Gasteiger partial charge in [0.15, 0.2) is 0 Å². The summed E-state index contributed by atoms with van der Waals surface area (Å²) in [7, 11) is 0. The molecule has 1 heterocycles. The number of aromatic nitrogens is 2. The fraction of sp³-hybridized carbons (Fsp3) is 0.417. The molecule has 2 aromatic rings. The second-order valence-electron chi connectivity index (χ2n) is 4.28. The quantitative estimate of drug-likeness (QED) is 0.822. The highest BCUT2D eigenvalue weighted by molar-refractivity contribution is 5.78. The Morgan fingerprint density at radius 2 is 2.19 bits per heavy atom. The average Bonchev–Trinajstić information content (AvgIpc) is 3.02. The normalized spacial score (nSPS) is 15.8. The third-order valence-electron chi connectivity index (χ3n) is 2.99. The molecule has 0 amide bonds. The number of benzene rings is 1. The predicted molar refractivity (Wildman–Crippen MR) is 60.5 cm³/mol. The summed E-state index contributed by atoms with van der Waals surface area (Å²) in [6.45, 7) is 0.113. The maximum absolute atomic E-state index is 9.51. The largest absolute Gasteiger partial charge is 0.508 e. The molecular formula is C12H14N2O2. The number of phenols is 1. The Hall–Kier alpha value is -1.55. The predicted octanol–water partition coefficient (Wildman–Crippen LogP) is 1.61. The lowest BCUT2D eigenvalue weighted by molar-refractivity contribution is 0.295. The van der Waals surface area contributed by atoms with Crippen molar-refractivity contribution in [2.75, 3.05) is 6.61 Å². The van der Waals surface area contributed by atoms with Gasteiger partial charge in [-0.25, -0.2) is 4.98 Å². The van der Waals surface area contributed by atoms with Crippen LogP contribution in [0.5, 0.6) is 5.75 Å². The van der Waals surface area contributed by atoms with Crippen LogP contribution in [0, 0.1) is 0 Å². The molecule has 1 aromatic heterocycles. The van der Waals surface area contributed by atoms with E-state index >= 15 is 0 Å². The molecule has 0 saturated heterocycles. The van der Waals surface area contributed by atoms with Crippen molar-refractivity contribution in [3.8, 4) is 5.75 Å². The van der Waals surface area contributed by atoms with Gasteiger partial charge in [-0.1, -0.05) is 0 Å². The highest BCUT2D eigenvalue weighted by Crippen LogP contribution is 2.39. The number of aromatic hydroxyl groups is 1. The number of hydrogen-bond donors (Lipinski definition) is 2. The second-order valence-corrected chi connectivity index (χ2v) is 4.28. The van der Waals surface area contributed by atoms with Gasteiger partial charge in [-0.05, 0) is 25.0 Å². The van der Waals surface area contributed by atoms with Crippen molar-refractivity contribution in [1.29, 1.82) is 0 Å². The van der Waals surface area contributed by atoms with Gasteiger partial charge in [-0.2, -0.15) is 0 Å². The van der Waals surface area contributed by atoms with Crippen LogP contribution >= 0.6 is 0 Å². The molecule has 1 saturated carbocycles. The van der Waals surface area contributed by atoms with Crippen LogP contribution in [0.3, 0.4) is 0 Å². The van der Waals surface area contributed by atoms with E-state index < -0.39 is 0 Å². The van der Waals surface area contributed by atoms with Gasteiger partial charge in [0.2, 0.25) is 0 Å². The number of imidazole rings is 1. The van der Waals surface area contributed by atoms with Gasteiger partial charge in [0.1, 0.15) is 11.6 Å². The summed E-state index contributed by atoms with van der Waals surface area (Å²) < 4.78 is 2.16. The van der Waals surface area contributed by atoms with Crippen molar-refractivity contribution in [3.05, 3.63) is 24.0 Å². The van der Waals surface area contributed by atoms with Crippen LogP contribution in [-0.2, 0) is 6.42 Å². The molecule has 0 spiro atoms. The molecule has 0 radical (unpaired) electrons. The third-order valence-corrected chi connectivity index (χ3v) is 2.99. The minimum Gasteiger partial charge on any atom is -0.508 e. The van der Waals surface area contributed by atoms with Crippen molar-refractivity contribution >= 4 is 11.0 Å². The van der Waals surface area contributed by atoms with Gasteiger partial charge < -0.3 is 14.8 Å². The van der Waals surface area contributed by atoms with E-state index in [0.717, 1.165) is 16.9 Å². The van der Waals surface area contributed by atoms with Gasteiger partial charge in [-0.15, -0.1) is 0 Å². The molecule has 0 bridgehead atoms. The van der Waals surface area contributed by atoms with Crippen LogP contribution in [0.1, 0.15) is 24.7 Å². The van der Waals surface area contributed by atoms with E-state index in [1.165, 1.54) is 12.8 Å². The van der Waals surface area contributed by atoms with Crippen LogP contribution in [0.4, 0.5) is 0 Å². The molecule has 1 fully saturated rings. The minimum atomic E-state index is 0.113. The first-order chi connectivity index (χ1) is 7.79. The zero-order valence-corrected chi connectivity index (χ0v) is 8.93. The Bertz CT molecular complexity index is 529. The molecule has 0 aliphatic heterocycles. The van der Waals surface area contributed by atoms with Crippen LogP contribution < -0.4 is 0 Å². The molecule has 1 aliphatic carbocycles. The lowest BCUT2D eigenvalue weighted by Crippen LogP contribution is -2.03. The maximum atomic E-state index is 9.51. The van der Waals surface area contributed by atoms with Gasteiger partial charge in [0.25, 0.3) is 0 Å². The smallest absolute Gasteiger partial charge is 0.117 e. The average molecular weight is 218 g/mol. The second kappa shape index (κ2) is 3.49. The number of aliphatic hydroxyl groups is 1. The molecule has 2 N–H and O–H groups in total. The van der Waals surface area contributed by atoms with Crippen molar-refractivity contribution in [2.45, 2.75) is 25.3 Å². The van der Waals surface area contributed by atoms with Crippen LogP contribution in [0.15, 0.2) is 18.2 Å². The van der Waals surface area contributed by atoms with E-state index in [2.05, 4.69) is 9.55 Å². The Morgan fingerprint density at radius 1 is 1.38 bits per heavy atom. The summed E-state index contributed by atoms with van der Waals surface area (Å²) in [5.41, 5.74) is 1.87. The van der Waals surface area contributed by atoms with Crippen molar-refractivity contribution in [2.24, 2.45) is 0 Å². The van der Waals surface area contributed by atoms with Gasteiger partial charge in [0.05, 0.1) is 17.6 Å². The van der Waals surface area contributed by atoms with Gasteiger partial charge in [-0.3, -0.25) is 0 Å². The molecule has 3 rings (SSSR count). The maximum Gasteiger partial charge on any atom is 0.117 e. The first kappa shape index (κ1) is 9.66. The molecule has 4 nitrogen and oxygen atoms in total. The lowest BCUT2D eigenvalue weighted by Gasteiger charge is -2.06. The van der Waals surface area contributed by atoms with E-state index in [1.807, 2.05) is 6.07 Å². The Labute approximate surface area is 93.2 Å². The monoisotopic (exact) mass is 218 g/mol. The number of aliphatic hydroxyl groups excluding tert-OH is 1. The van der Waals surface area contributed by atoms with Gasteiger partial charge in [0, 0.05) is 18.5 Å². The fourth-order valence-corrected chi connectivity index (χ4v) is 2.15.